The molecule has 0 bridgehead atoms. The van der Waals surface area contributed by atoms with Gasteiger partial charge in [-0.2, -0.15) is 5.26 Å². The summed E-state index contributed by atoms with van der Waals surface area (Å²) < 4.78 is 11.1. The van der Waals surface area contributed by atoms with Crippen molar-refractivity contribution < 1.29 is 9.47 Å². The predicted molar refractivity (Wildman–Crippen MR) is 83.4 cm³/mol. The van der Waals surface area contributed by atoms with Crippen molar-refractivity contribution in [3.63, 3.8) is 0 Å². The van der Waals surface area contributed by atoms with Crippen LogP contribution in [0.5, 0.6) is 11.5 Å². The molecule has 0 amide bonds. The minimum atomic E-state index is -0.194. The average Bonchev–Trinajstić information content (AvgIpc) is 2.55. The number of hydrogen-bond donors (Lipinski definition) is 0. The summed E-state index contributed by atoms with van der Waals surface area (Å²) >= 11 is 0. The van der Waals surface area contributed by atoms with Crippen molar-refractivity contribution in [1.82, 2.24) is 0 Å². The highest BCUT2D eigenvalue weighted by molar-refractivity contribution is 5.39. The number of rotatable bonds is 6. The second-order valence-corrected chi connectivity index (χ2v) is 6.01. The highest BCUT2D eigenvalue weighted by atomic mass is 16.5. The first-order valence-corrected chi connectivity index (χ1v) is 7.90. The van der Waals surface area contributed by atoms with Crippen LogP contribution in [0.1, 0.15) is 45.4 Å². The van der Waals surface area contributed by atoms with Crippen molar-refractivity contribution in [3.8, 4) is 17.6 Å². The van der Waals surface area contributed by atoms with E-state index < -0.39 is 0 Å². The Balaban J connectivity index is 1.93. The van der Waals surface area contributed by atoms with E-state index in [1.54, 1.807) is 7.11 Å². The Bertz CT molecular complexity index is 494. The lowest BCUT2D eigenvalue weighted by Gasteiger charge is -2.35. The molecular weight excluding hydrogens is 262 g/mol. The largest absolute Gasteiger partial charge is 0.493 e. The average molecular weight is 287 g/mol. The second kappa shape index (κ2) is 7.36. The number of methoxy groups -OCH3 is 1. The van der Waals surface area contributed by atoms with Crippen molar-refractivity contribution in [3.05, 3.63) is 24.3 Å². The molecule has 1 aromatic rings. The molecule has 1 fully saturated rings. The smallest absolute Gasteiger partial charge is 0.161 e. The highest BCUT2D eigenvalue weighted by Gasteiger charge is 2.35. The summed E-state index contributed by atoms with van der Waals surface area (Å²) in [6, 6.07) is 10.2. The Kier molecular flexibility index (Phi) is 5.50. The number of hydrogen-bond acceptors (Lipinski definition) is 3. The van der Waals surface area contributed by atoms with Gasteiger partial charge >= 0.3 is 0 Å². The maximum Gasteiger partial charge on any atom is 0.161 e. The van der Waals surface area contributed by atoms with Gasteiger partial charge < -0.3 is 9.47 Å². The van der Waals surface area contributed by atoms with Crippen molar-refractivity contribution in [1.29, 1.82) is 5.26 Å². The number of para-hydroxylation sites is 2. The first kappa shape index (κ1) is 15.7. The molecule has 0 saturated heterocycles. The number of benzene rings is 1. The van der Waals surface area contributed by atoms with Crippen molar-refractivity contribution in [2.45, 2.75) is 45.4 Å². The van der Waals surface area contributed by atoms with Crippen molar-refractivity contribution >= 4 is 0 Å². The van der Waals surface area contributed by atoms with Gasteiger partial charge in [-0.3, -0.25) is 0 Å². The summed E-state index contributed by atoms with van der Waals surface area (Å²) in [5.74, 6) is 2.21. The molecule has 1 aliphatic carbocycles. The Morgan fingerprint density at radius 3 is 2.76 bits per heavy atom. The van der Waals surface area contributed by atoms with Gasteiger partial charge in [-0.25, -0.2) is 0 Å². The van der Waals surface area contributed by atoms with Crippen LogP contribution in [-0.4, -0.2) is 13.7 Å². The van der Waals surface area contributed by atoms with E-state index in [0.29, 0.717) is 12.5 Å². The monoisotopic (exact) mass is 287 g/mol. The topological polar surface area (TPSA) is 42.2 Å². The van der Waals surface area contributed by atoms with Crippen LogP contribution >= 0.6 is 0 Å². The summed E-state index contributed by atoms with van der Waals surface area (Å²) in [5.41, 5.74) is -0.194. The Morgan fingerprint density at radius 2 is 2.10 bits per heavy atom. The summed E-state index contributed by atoms with van der Waals surface area (Å²) in [6.07, 6.45) is 6.45. The molecular formula is C18H25NO2. The van der Waals surface area contributed by atoms with E-state index in [2.05, 4.69) is 13.0 Å². The zero-order valence-electron chi connectivity index (χ0n) is 13.1. The van der Waals surface area contributed by atoms with Gasteiger partial charge in [0.2, 0.25) is 0 Å². The standard InChI is InChI=1S/C18H25NO2/c1-3-15-7-6-10-18(13-15,14-19)11-12-21-17-9-5-4-8-16(17)20-2/h4-5,8-9,15H,3,6-7,10-13H2,1-2H3. The molecule has 3 heteroatoms. The summed E-state index contributed by atoms with van der Waals surface area (Å²) in [7, 11) is 1.64. The first-order valence-electron chi connectivity index (χ1n) is 7.90. The molecule has 3 nitrogen and oxygen atoms in total. The van der Waals surface area contributed by atoms with Crippen LogP contribution < -0.4 is 9.47 Å². The molecule has 114 valence electrons. The van der Waals surface area contributed by atoms with Crippen molar-refractivity contribution in [2.75, 3.05) is 13.7 Å². The molecule has 1 saturated carbocycles. The van der Waals surface area contributed by atoms with Crippen molar-refractivity contribution in [2.24, 2.45) is 11.3 Å². The second-order valence-electron chi connectivity index (χ2n) is 6.01. The quantitative estimate of drug-likeness (QED) is 0.769. The summed E-state index contributed by atoms with van der Waals surface area (Å²) in [6.45, 7) is 2.80. The summed E-state index contributed by atoms with van der Waals surface area (Å²) in [5, 5.41) is 9.62. The van der Waals surface area contributed by atoms with E-state index in [4.69, 9.17) is 9.47 Å². The van der Waals surface area contributed by atoms with E-state index in [9.17, 15) is 5.26 Å². The molecule has 1 aliphatic rings. The minimum Gasteiger partial charge on any atom is -0.493 e. The van der Waals surface area contributed by atoms with E-state index in [1.165, 1.54) is 19.3 Å². The van der Waals surface area contributed by atoms with E-state index in [1.807, 2.05) is 24.3 Å². The Labute approximate surface area is 127 Å². The van der Waals surface area contributed by atoms with Crippen LogP contribution in [0.3, 0.4) is 0 Å². The molecule has 0 aliphatic heterocycles. The maximum atomic E-state index is 9.62. The van der Waals surface area contributed by atoms with Crippen LogP contribution in [0.15, 0.2) is 24.3 Å². The molecule has 2 atom stereocenters. The fraction of sp³-hybridized carbons (Fsp3) is 0.611. The summed E-state index contributed by atoms with van der Waals surface area (Å²) in [4.78, 5) is 0. The molecule has 0 heterocycles. The zero-order chi connectivity index (χ0) is 15.1. The number of nitrogens with zero attached hydrogens (tertiary/aromatic N) is 1. The molecule has 0 N–H and O–H groups in total. The lowest BCUT2D eigenvalue weighted by molar-refractivity contribution is 0.151. The van der Waals surface area contributed by atoms with Gasteiger partial charge in [-0.15, -0.1) is 0 Å². The van der Waals surface area contributed by atoms with E-state index in [0.717, 1.165) is 30.8 Å². The van der Waals surface area contributed by atoms with Gasteiger partial charge in [0.25, 0.3) is 0 Å². The van der Waals surface area contributed by atoms with Crippen LogP contribution in [0, 0.1) is 22.7 Å². The molecule has 21 heavy (non-hydrogen) atoms. The third-order valence-corrected chi connectivity index (χ3v) is 4.67. The van der Waals surface area contributed by atoms with Crippen LogP contribution in [-0.2, 0) is 0 Å². The first-order chi connectivity index (χ1) is 10.2. The fourth-order valence-corrected chi connectivity index (χ4v) is 3.31. The maximum absolute atomic E-state index is 9.62. The SMILES string of the molecule is CCC1CCCC(C#N)(CCOc2ccccc2OC)C1. The number of ether oxygens (including phenoxy) is 2. The van der Waals surface area contributed by atoms with Gasteiger partial charge in [-0.05, 0) is 30.9 Å². The lowest BCUT2D eigenvalue weighted by atomic mass is 9.68. The van der Waals surface area contributed by atoms with Gasteiger partial charge in [0.15, 0.2) is 11.5 Å². The predicted octanol–water partition coefficient (Wildman–Crippen LogP) is 4.57. The Morgan fingerprint density at radius 1 is 1.33 bits per heavy atom. The molecule has 0 aromatic heterocycles. The third-order valence-electron chi connectivity index (χ3n) is 4.67. The van der Waals surface area contributed by atoms with E-state index in [-0.39, 0.29) is 5.41 Å². The van der Waals surface area contributed by atoms with Gasteiger partial charge in [-0.1, -0.05) is 38.3 Å². The fourth-order valence-electron chi connectivity index (χ4n) is 3.31. The minimum absolute atomic E-state index is 0.194. The molecule has 2 unspecified atom stereocenters. The molecule has 0 spiro atoms. The van der Waals surface area contributed by atoms with Crippen LogP contribution in [0.4, 0.5) is 0 Å². The molecule has 2 rings (SSSR count). The molecule has 0 radical (unpaired) electrons. The van der Waals surface area contributed by atoms with Gasteiger partial charge in [0.1, 0.15) is 0 Å². The van der Waals surface area contributed by atoms with Gasteiger partial charge in [0, 0.05) is 6.42 Å². The normalized spacial score (nSPS) is 25.1. The number of nitriles is 1. The van der Waals surface area contributed by atoms with E-state index >= 15 is 0 Å². The molecule has 1 aromatic carbocycles. The zero-order valence-corrected chi connectivity index (χ0v) is 13.1. The Hall–Kier alpha value is -1.69. The van der Waals surface area contributed by atoms with Crippen LogP contribution in [0.25, 0.3) is 0 Å². The highest BCUT2D eigenvalue weighted by Crippen LogP contribution is 2.42. The lowest BCUT2D eigenvalue weighted by Crippen LogP contribution is -2.29. The third kappa shape index (κ3) is 3.91. The van der Waals surface area contributed by atoms with Gasteiger partial charge in [0.05, 0.1) is 25.2 Å². The van der Waals surface area contributed by atoms with Crippen LogP contribution in [0.2, 0.25) is 0 Å².